The molecule has 0 bridgehead atoms. The van der Waals surface area contributed by atoms with Crippen molar-refractivity contribution in [3.05, 3.63) is 28.9 Å². The number of hydrogen-bond acceptors (Lipinski definition) is 5. The topological polar surface area (TPSA) is 79.7 Å². The van der Waals surface area contributed by atoms with Crippen molar-refractivity contribution in [1.29, 1.82) is 5.26 Å². The fourth-order valence-corrected chi connectivity index (χ4v) is 2.10. The normalized spacial score (nSPS) is 10.0. The molecule has 0 saturated heterocycles. The van der Waals surface area contributed by atoms with Crippen LogP contribution in [0.1, 0.15) is 10.4 Å². The number of thiophene rings is 1. The van der Waals surface area contributed by atoms with Gasteiger partial charge in [0.1, 0.15) is 10.9 Å². The molecule has 2 aromatic rings. The lowest BCUT2D eigenvalue weighted by Gasteiger charge is -1.99. The zero-order chi connectivity index (χ0) is 11.5. The van der Waals surface area contributed by atoms with Gasteiger partial charge in [0.25, 0.3) is 0 Å². The summed E-state index contributed by atoms with van der Waals surface area (Å²) < 4.78 is 1.75. The first kappa shape index (κ1) is 10.5. The fourth-order valence-electron chi connectivity index (χ4n) is 1.33. The van der Waals surface area contributed by atoms with E-state index in [1.54, 1.807) is 16.9 Å². The standard InChI is InChI=1S/C10H11N5S/c1-15-6-7(5-14-15)4-13-10-2-8(12)9(3-11)16-10/h2,5-6,13H,4,12H2,1H3. The van der Waals surface area contributed by atoms with Crippen LogP contribution in [0.15, 0.2) is 18.5 Å². The van der Waals surface area contributed by atoms with Crippen LogP contribution in [0, 0.1) is 11.3 Å². The van der Waals surface area contributed by atoms with E-state index in [2.05, 4.69) is 16.5 Å². The Balaban J connectivity index is 2.02. The average molecular weight is 233 g/mol. The minimum absolute atomic E-state index is 0.529. The predicted octanol–water partition coefficient (Wildman–Crippen LogP) is 1.55. The molecule has 82 valence electrons. The molecular formula is C10H11N5S. The Labute approximate surface area is 97.1 Å². The molecule has 0 aliphatic heterocycles. The SMILES string of the molecule is Cn1cc(CNc2cc(N)c(C#N)s2)cn1. The minimum Gasteiger partial charge on any atom is -0.397 e. The number of nitrogens with two attached hydrogens (primary N) is 1. The molecule has 0 amide bonds. The number of aromatic nitrogens is 2. The molecule has 5 nitrogen and oxygen atoms in total. The number of nitrogens with zero attached hydrogens (tertiary/aromatic N) is 3. The molecule has 16 heavy (non-hydrogen) atoms. The van der Waals surface area contributed by atoms with Crippen LogP contribution in [0.25, 0.3) is 0 Å². The molecular weight excluding hydrogens is 222 g/mol. The monoisotopic (exact) mass is 233 g/mol. The maximum atomic E-state index is 8.76. The van der Waals surface area contributed by atoms with Gasteiger partial charge in [-0.3, -0.25) is 4.68 Å². The van der Waals surface area contributed by atoms with E-state index in [9.17, 15) is 0 Å². The molecule has 0 spiro atoms. The van der Waals surface area contributed by atoms with Crippen LogP contribution in [-0.2, 0) is 13.6 Å². The van der Waals surface area contributed by atoms with Crippen molar-refractivity contribution in [2.45, 2.75) is 6.54 Å². The Morgan fingerprint density at radius 1 is 1.69 bits per heavy atom. The summed E-state index contributed by atoms with van der Waals surface area (Å²) in [6.07, 6.45) is 3.74. The summed E-state index contributed by atoms with van der Waals surface area (Å²) >= 11 is 1.36. The van der Waals surface area contributed by atoms with Gasteiger partial charge in [-0.2, -0.15) is 10.4 Å². The second kappa shape index (κ2) is 4.24. The summed E-state index contributed by atoms with van der Waals surface area (Å²) in [6.45, 7) is 0.679. The molecule has 0 radical (unpaired) electrons. The van der Waals surface area contributed by atoms with Gasteiger partial charge in [0, 0.05) is 25.4 Å². The van der Waals surface area contributed by atoms with Crippen molar-refractivity contribution in [1.82, 2.24) is 9.78 Å². The minimum atomic E-state index is 0.529. The van der Waals surface area contributed by atoms with Gasteiger partial charge in [0.2, 0.25) is 0 Å². The lowest BCUT2D eigenvalue weighted by atomic mass is 10.3. The molecule has 0 saturated carbocycles. The Morgan fingerprint density at radius 2 is 2.50 bits per heavy atom. The van der Waals surface area contributed by atoms with Gasteiger partial charge in [0.05, 0.1) is 16.9 Å². The van der Waals surface area contributed by atoms with Crippen LogP contribution >= 0.6 is 11.3 Å². The van der Waals surface area contributed by atoms with Gasteiger partial charge in [0.15, 0.2) is 0 Å². The van der Waals surface area contributed by atoms with E-state index in [1.807, 2.05) is 13.2 Å². The van der Waals surface area contributed by atoms with Crippen LogP contribution in [0.2, 0.25) is 0 Å². The van der Waals surface area contributed by atoms with Crippen LogP contribution in [0.5, 0.6) is 0 Å². The molecule has 0 unspecified atom stereocenters. The van der Waals surface area contributed by atoms with Crippen LogP contribution < -0.4 is 11.1 Å². The van der Waals surface area contributed by atoms with E-state index >= 15 is 0 Å². The van der Waals surface area contributed by atoms with Crippen molar-refractivity contribution in [3.8, 4) is 6.07 Å². The number of nitrogens with one attached hydrogen (secondary N) is 1. The molecule has 6 heteroatoms. The smallest absolute Gasteiger partial charge is 0.129 e. The van der Waals surface area contributed by atoms with Gasteiger partial charge in [-0.1, -0.05) is 0 Å². The number of aryl methyl sites for hydroxylation is 1. The highest BCUT2D eigenvalue weighted by molar-refractivity contribution is 7.17. The highest BCUT2D eigenvalue weighted by Gasteiger charge is 2.05. The predicted molar refractivity (Wildman–Crippen MR) is 64.0 cm³/mol. The maximum absolute atomic E-state index is 8.76. The molecule has 0 aliphatic rings. The summed E-state index contributed by atoms with van der Waals surface area (Å²) in [7, 11) is 1.88. The number of rotatable bonds is 3. The zero-order valence-electron chi connectivity index (χ0n) is 8.77. The van der Waals surface area contributed by atoms with Gasteiger partial charge in [-0.05, 0) is 6.07 Å². The Kier molecular flexibility index (Phi) is 2.79. The number of nitrogen functional groups attached to an aromatic ring is 1. The number of hydrogen-bond donors (Lipinski definition) is 2. The summed E-state index contributed by atoms with van der Waals surface area (Å²) in [5.41, 5.74) is 7.28. The quantitative estimate of drug-likeness (QED) is 0.842. The van der Waals surface area contributed by atoms with Gasteiger partial charge < -0.3 is 11.1 Å². The third-order valence-corrected chi connectivity index (χ3v) is 3.10. The van der Waals surface area contributed by atoms with Gasteiger partial charge >= 0.3 is 0 Å². The van der Waals surface area contributed by atoms with Gasteiger partial charge in [-0.15, -0.1) is 11.3 Å². The molecule has 0 aliphatic carbocycles. The first-order valence-corrected chi connectivity index (χ1v) is 5.51. The van der Waals surface area contributed by atoms with E-state index in [1.165, 1.54) is 11.3 Å². The van der Waals surface area contributed by atoms with E-state index in [4.69, 9.17) is 11.0 Å². The molecule has 0 fully saturated rings. The average Bonchev–Trinajstić information content (AvgIpc) is 2.82. The lowest BCUT2D eigenvalue weighted by molar-refractivity contribution is 0.767. The number of nitriles is 1. The van der Waals surface area contributed by atoms with Crippen molar-refractivity contribution < 1.29 is 0 Å². The van der Waals surface area contributed by atoms with Crippen LogP contribution in [0.3, 0.4) is 0 Å². The third-order valence-electron chi connectivity index (χ3n) is 2.09. The van der Waals surface area contributed by atoms with Crippen molar-refractivity contribution in [2.24, 2.45) is 7.05 Å². The van der Waals surface area contributed by atoms with Gasteiger partial charge in [-0.25, -0.2) is 0 Å². The largest absolute Gasteiger partial charge is 0.397 e. The van der Waals surface area contributed by atoms with E-state index in [0.29, 0.717) is 17.1 Å². The molecule has 0 atom stereocenters. The molecule has 0 aromatic carbocycles. The Hall–Kier alpha value is -2.00. The van der Waals surface area contributed by atoms with Crippen LogP contribution in [-0.4, -0.2) is 9.78 Å². The van der Waals surface area contributed by atoms with Crippen molar-refractivity contribution >= 4 is 22.0 Å². The Morgan fingerprint density at radius 3 is 3.06 bits per heavy atom. The molecule has 2 heterocycles. The van der Waals surface area contributed by atoms with E-state index < -0.39 is 0 Å². The first-order valence-electron chi connectivity index (χ1n) is 4.70. The van der Waals surface area contributed by atoms with Crippen molar-refractivity contribution in [3.63, 3.8) is 0 Å². The fraction of sp³-hybridized carbons (Fsp3) is 0.200. The summed E-state index contributed by atoms with van der Waals surface area (Å²) in [5.74, 6) is 0. The second-order valence-corrected chi connectivity index (χ2v) is 4.43. The highest BCUT2D eigenvalue weighted by Crippen LogP contribution is 2.28. The van der Waals surface area contributed by atoms with Crippen LogP contribution in [0.4, 0.5) is 10.7 Å². The first-order chi connectivity index (χ1) is 7.69. The van der Waals surface area contributed by atoms with Crippen molar-refractivity contribution in [2.75, 3.05) is 11.1 Å². The highest BCUT2D eigenvalue weighted by atomic mass is 32.1. The van der Waals surface area contributed by atoms with E-state index in [-0.39, 0.29) is 0 Å². The molecule has 2 aromatic heterocycles. The number of anilines is 2. The Bertz CT molecular complexity index is 534. The summed E-state index contributed by atoms with van der Waals surface area (Å²) in [5, 5.41) is 16.9. The molecule has 3 N–H and O–H groups in total. The lowest BCUT2D eigenvalue weighted by Crippen LogP contribution is -1.96. The second-order valence-electron chi connectivity index (χ2n) is 3.38. The zero-order valence-corrected chi connectivity index (χ0v) is 9.58. The maximum Gasteiger partial charge on any atom is 0.129 e. The molecule has 2 rings (SSSR count). The summed E-state index contributed by atoms with van der Waals surface area (Å²) in [4.78, 5) is 0.550. The van der Waals surface area contributed by atoms with E-state index in [0.717, 1.165) is 10.6 Å². The summed E-state index contributed by atoms with van der Waals surface area (Å²) in [6, 6.07) is 3.83. The third kappa shape index (κ3) is 2.15.